The SMILES string of the molecule is N.N=C=O.N=C=O.NC(=O)O. The summed E-state index contributed by atoms with van der Waals surface area (Å²) in [6.45, 7) is 0. The zero-order chi connectivity index (χ0) is 8.99. The number of rotatable bonds is 0. The molecule has 0 radical (unpaired) electrons. The molecule has 0 saturated heterocycles. The molecule has 0 saturated carbocycles. The molecular formula is C3H8N4O4. The van der Waals surface area contributed by atoms with Gasteiger partial charge in [0.05, 0.1) is 0 Å². The normalized spacial score (nSPS) is 3.64. The number of carboxylic acid groups (broad SMARTS) is 1. The van der Waals surface area contributed by atoms with Gasteiger partial charge >= 0.3 is 6.09 Å². The summed E-state index contributed by atoms with van der Waals surface area (Å²) >= 11 is 0. The molecule has 0 aliphatic heterocycles. The van der Waals surface area contributed by atoms with Crippen molar-refractivity contribution in [2.75, 3.05) is 0 Å². The second-order valence-corrected chi connectivity index (χ2v) is 0.542. The summed E-state index contributed by atoms with van der Waals surface area (Å²) in [6, 6.07) is 0. The van der Waals surface area contributed by atoms with E-state index in [9.17, 15) is 0 Å². The van der Waals surface area contributed by atoms with Crippen LogP contribution in [0.2, 0.25) is 0 Å². The molecule has 0 atom stereocenters. The Kier molecular flexibility index (Phi) is 91.5. The number of nitrogens with two attached hydrogens (primary N) is 1. The first-order chi connectivity index (χ1) is 4.56. The van der Waals surface area contributed by atoms with Crippen LogP contribution in [0.25, 0.3) is 0 Å². The van der Waals surface area contributed by atoms with E-state index >= 15 is 0 Å². The van der Waals surface area contributed by atoms with Crippen molar-refractivity contribution in [3.63, 3.8) is 0 Å². The average molecular weight is 164 g/mol. The van der Waals surface area contributed by atoms with E-state index in [4.69, 9.17) is 30.3 Å². The Hall–Kier alpha value is -2.01. The number of hydrogen-bond acceptors (Lipinski definition) is 6. The predicted octanol–water partition coefficient (Wildman–Crippen LogP) is -0.413. The van der Waals surface area contributed by atoms with Crippen LogP contribution >= 0.6 is 0 Å². The fraction of sp³-hybridized carbons (Fsp3) is 0. The molecule has 8 heteroatoms. The fourth-order valence-corrected chi connectivity index (χ4v) is 0. The third-order valence-corrected chi connectivity index (χ3v) is 0. The van der Waals surface area contributed by atoms with Crippen LogP contribution in [0.15, 0.2) is 0 Å². The van der Waals surface area contributed by atoms with Crippen molar-refractivity contribution in [1.29, 1.82) is 10.8 Å². The second kappa shape index (κ2) is 43.7. The molecule has 8 N–H and O–H groups in total. The molecule has 0 bridgehead atoms. The molecule has 0 spiro atoms. The van der Waals surface area contributed by atoms with E-state index in [1.165, 1.54) is 0 Å². The molecule has 0 aromatic carbocycles. The maximum absolute atomic E-state index is 8.78. The predicted molar refractivity (Wildman–Crippen MR) is 34.1 cm³/mol. The van der Waals surface area contributed by atoms with Crippen LogP contribution in [0, 0.1) is 10.8 Å². The number of primary amides is 1. The molecule has 0 aromatic heterocycles. The Morgan fingerprint density at radius 1 is 1.27 bits per heavy atom. The highest BCUT2D eigenvalue weighted by molar-refractivity contribution is 5.61. The molecule has 11 heavy (non-hydrogen) atoms. The van der Waals surface area contributed by atoms with Gasteiger partial charge < -0.3 is 17.0 Å². The zero-order valence-electron chi connectivity index (χ0n) is 5.46. The number of nitrogens with one attached hydrogen (secondary N) is 2. The largest absolute Gasteiger partial charge is 0.465 e. The monoisotopic (exact) mass is 164 g/mol. The van der Waals surface area contributed by atoms with Crippen LogP contribution in [0.1, 0.15) is 0 Å². The van der Waals surface area contributed by atoms with Crippen LogP contribution in [0.3, 0.4) is 0 Å². The second-order valence-electron chi connectivity index (χ2n) is 0.542. The Morgan fingerprint density at radius 3 is 1.27 bits per heavy atom. The maximum atomic E-state index is 8.78. The summed E-state index contributed by atoms with van der Waals surface area (Å²) < 4.78 is 0. The summed E-state index contributed by atoms with van der Waals surface area (Å²) in [7, 11) is 0. The van der Waals surface area contributed by atoms with Crippen molar-refractivity contribution in [2.24, 2.45) is 5.73 Å². The van der Waals surface area contributed by atoms with Gasteiger partial charge in [-0.15, -0.1) is 0 Å². The van der Waals surface area contributed by atoms with E-state index in [0.29, 0.717) is 0 Å². The standard InChI is InChI=1S/CH3NO2.2CHNO.H3N/c2-1(3)4;2*2-1-3;/h2H2,(H,3,4);2*2H;1H3. The third kappa shape index (κ3) is 71.0. The molecule has 0 aliphatic rings. The quantitative estimate of drug-likeness (QED) is 0.240. The number of carbonyl (C=O) groups is 1. The molecule has 0 rings (SSSR count). The smallest absolute Gasteiger partial charge is 0.402 e. The minimum Gasteiger partial charge on any atom is -0.465 e. The number of isocyanates is 2. The molecule has 0 aromatic rings. The molecule has 0 heterocycles. The van der Waals surface area contributed by atoms with E-state index in [1.807, 2.05) is 0 Å². The summed E-state index contributed by atoms with van der Waals surface area (Å²) in [5.74, 6) is 0. The fourth-order valence-electron chi connectivity index (χ4n) is 0. The van der Waals surface area contributed by atoms with Crippen LogP contribution in [-0.2, 0) is 9.59 Å². The number of amides is 1. The van der Waals surface area contributed by atoms with Gasteiger partial charge in [-0.25, -0.2) is 25.2 Å². The van der Waals surface area contributed by atoms with Crippen LogP contribution in [0.4, 0.5) is 4.79 Å². The van der Waals surface area contributed by atoms with Gasteiger partial charge in [0.25, 0.3) is 0 Å². The van der Waals surface area contributed by atoms with E-state index in [0.717, 1.165) is 12.2 Å². The third-order valence-electron chi connectivity index (χ3n) is 0. The van der Waals surface area contributed by atoms with Gasteiger partial charge in [0.1, 0.15) is 0 Å². The van der Waals surface area contributed by atoms with Crippen LogP contribution in [0.5, 0.6) is 0 Å². The van der Waals surface area contributed by atoms with Crippen molar-refractivity contribution in [3.05, 3.63) is 0 Å². The van der Waals surface area contributed by atoms with E-state index in [-0.39, 0.29) is 6.15 Å². The van der Waals surface area contributed by atoms with Gasteiger partial charge in [-0.3, -0.25) is 0 Å². The topological polar surface area (TPSA) is 180 Å². The minimum atomic E-state index is -1.33. The maximum Gasteiger partial charge on any atom is 0.402 e. The van der Waals surface area contributed by atoms with Gasteiger partial charge in [-0.2, -0.15) is 0 Å². The Bertz CT molecular complexity index is 127. The average Bonchev–Trinajstić information content (AvgIpc) is 1.65. The molecule has 64 valence electrons. The number of carbonyl (C=O) groups excluding carboxylic acids is 2. The van der Waals surface area contributed by atoms with Gasteiger partial charge in [-0.05, 0) is 0 Å². The highest BCUT2D eigenvalue weighted by Crippen LogP contribution is 1.34. The molecular weight excluding hydrogens is 156 g/mol. The van der Waals surface area contributed by atoms with Crippen LogP contribution in [-0.4, -0.2) is 23.4 Å². The lowest BCUT2D eigenvalue weighted by Gasteiger charge is -1.61. The highest BCUT2D eigenvalue weighted by atomic mass is 16.4. The summed E-state index contributed by atoms with van der Waals surface area (Å²) in [5.41, 5.74) is 4.03. The van der Waals surface area contributed by atoms with Gasteiger partial charge in [0.15, 0.2) is 0 Å². The van der Waals surface area contributed by atoms with Gasteiger partial charge in [0.2, 0.25) is 12.2 Å². The minimum absolute atomic E-state index is 0. The molecule has 8 nitrogen and oxygen atoms in total. The van der Waals surface area contributed by atoms with Crippen molar-refractivity contribution in [1.82, 2.24) is 6.15 Å². The first kappa shape index (κ1) is 23.0. The zero-order valence-corrected chi connectivity index (χ0v) is 5.46. The van der Waals surface area contributed by atoms with E-state index in [2.05, 4.69) is 5.73 Å². The van der Waals surface area contributed by atoms with Gasteiger partial charge in [0, 0.05) is 0 Å². The van der Waals surface area contributed by atoms with Gasteiger partial charge in [-0.1, -0.05) is 0 Å². The first-order valence-corrected chi connectivity index (χ1v) is 1.62. The summed E-state index contributed by atoms with van der Waals surface area (Å²) in [5, 5.41) is 18.0. The lowest BCUT2D eigenvalue weighted by molar-refractivity contribution is 0.205. The number of hydrogen-bond donors (Lipinski definition) is 5. The van der Waals surface area contributed by atoms with Crippen molar-refractivity contribution in [2.45, 2.75) is 0 Å². The van der Waals surface area contributed by atoms with Crippen molar-refractivity contribution >= 4 is 18.3 Å². The first-order valence-electron chi connectivity index (χ1n) is 1.62. The van der Waals surface area contributed by atoms with E-state index in [1.54, 1.807) is 0 Å². The molecule has 0 unspecified atom stereocenters. The summed E-state index contributed by atoms with van der Waals surface area (Å²) in [6.07, 6.45) is 0.167. The van der Waals surface area contributed by atoms with E-state index < -0.39 is 6.09 Å². The lowest BCUT2D eigenvalue weighted by atomic mass is 11.3. The Morgan fingerprint density at radius 2 is 1.27 bits per heavy atom. The Balaban J connectivity index is -0.0000000325. The highest BCUT2D eigenvalue weighted by Gasteiger charge is 1.65. The Labute approximate surface area is 61.6 Å². The molecule has 1 amide bonds. The molecule has 0 fully saturated rings. The van der Waals surface area contributed by atoms with Crippen LogP contribution < -0.4 is 11.9 Å². The lowest BCUT2D eigenvalue weighted by Crippen LogP contribution is -2.03. The molecule has 0 aliphatic carbocycles. The van der Waals surface area contributed by atoms with Crippen molar-refractivity contribution in [3.8, 4) is 0 Å². The van der Waals surface area contributed by atoms with Crippen molar-refractivity contribution < 1.29 is 19.5 Å². The summed E-state index contributed by atoms with van der Waals surface area (Å²) in [4.78, 5) is 25.5.